The van der Waals surface area contributed by atoms with Crippen molar-refractivity contribution in [1.29, 1.82) is 0 Å². The fraction of sp³-hybridized carbons (Fsp3) is 0.647. The van der Waals surface area contributed by atoms with Gasteiger partial charge in [-0.2, -0.15) is 4.98 Å². The van der Waals surface area contributed by atoms with Crippen LogP contribution in [-0.4, -0.2) is 50.6 Å². The second kappa shape index (κ2) is 6.59. The molecule has 0 amide bonds. The van der Waals surface area contributed by atoms with Crippen LogP contribution in [-0.2, 0) is 13.5 Å². The van der Waals surface area contributed by atoms with E-state index in [1.54, 1.807) is 0 Å². The average molecular weight is 342 g/mol. The first-order valence-electron chi connectivity index (χ1n) is 9.12. The van der Waals surface area contributed by atoms with Crippen LogP contribution >= 0.6 is 0 Å². The highest BCUT2D eigenvalue weighted by molar-refractivity contribution is 6.41. The minimum absolute atomic E-state index is 0.0525. The third-order valence-corrected chi connectivity index (χ3v) is 5.01. The van der Waals surface area contributed by atoms with E-state index in [4.69, 9.17) is 9.98 Å². The Labute approximate surface area is 148 Å². The van der Waals surface area contributed by atoms with Crippen LogP contribution in [0.3, 0.4) is 0 Å². The molecule has 1 fully saturated rings. The largest absolute Gasteiger partial charge is 0.340 e. The van der Waals surface area contributed by atoms with Gasteiger partial charge in [-0.1, -0.05) is 0 Å². The molecule has 0 radical (unpaired) electrons. The van der Waals surface area contributed by atoms with E-state index in [9.17, 15) is 0 Å². The lowest BCUT2D eigenvalue weighted by atomic mass is 10.1. The molecule has 0 saturated carbocycles. The molecule has 1 aromatic rings. The number of piperidine rings is 1. The zero-order chi connectivity index (χ0) is 17.4. The standard InChI is InChI=1S/C17H26N8/c1-12-11-18-13(2)16-19-14(21-25(12)16)7-8-15-20-17(22-23(15)3)24-9-5-4-6-10-24/h11,14,21H,4-10H2,1-3H3. The van der Waals surface area contributed by atoms with E-state index in [1.807, 2.05) is 36.8 Å². The van der Waals surface area contributed by atoms with Crippen molar-refractivity contribution in [3.8, 4) is 0 Å². The van der Waals surface area contributed by atoms with Gasteiger partial charge in [0, 0.05) is 32.8 Å². The van der Waals surface area contributed by atoms with Gasteiger partial charge in [-0.25, -0.2) is 10.4 Å². The average Bonchev–Trinajstić information content (AvgIpc) is 3.22. The molecule has 0 bridgehead atoms. The minimum Gasteiger partial charge on any atom is -0.340 e. The smallest absolute Gasteiger partial charge is 0.244 e. The zero-order valence-corrected chi connectivity index (χ0v) is 15.2. The first-order chi connectivity index (χ1) is 12.1. The van der Waals surface area contributed by atoms with Crippen LogP contribution in [0.5, 0.6) is 0 Å². The van der Waals surface area contributed by atoms with Gasteiger partial charge in [-0.05, 0) is 39.5 Å². The van der Waals surface area contributed by atoms with Crippen molar-refractivity contribution in [2.24, 2.45) is 17.0 Å². The van der Waals surface area contributed by atoms with Crippen LogP contribution in [0, 0.1) is 0 Å². The van der Waals surface area contributed by atoms with E-state index < -0.39 is 0 Å². The second-order valence-electron chi connectivity index (χ2n) is 6.96. The number of aromatic nitrogens is 3. The molecule has 8 nitrogen and oxygen atoms in total. The highest BCUT2D eigenvalue weighted by Crippen LogP contribution is 2.20. The molecule has 25 heavy (non-hydrogen) atoms. The monoisotopic (exact) mass is 342 g/mol. The third kappa shape index (κ3) is 3.18. The van der Waals surface area contributed by atoms with Gasteiger partial charge < -0.3 is 4.90 Å². The predicted molar refractivity (Wildman–Crippen MR) is 98.5 cm³/mol. The molecule has 0 aromatic carbocycles. The number of aliphatic imine (C=N–C) groups is 2. The SMILES string of the molecule is CC1=CN=C(C)C2=NC(CCc3nc(N4CCCCC4)nn3C)NN12. The number of hydrogen-bond acceptors (Lipinski definition) is 7. The van der Waals surface area contributed by atoms with Crippen LogP contribution in [0.2, 0.25) is 0 Å². The van der Waals surface area contributed by atoms with Crippen LogP contribution in [0.25, 0.3) is 0 Å². The van der Waals surface area contributed by atoms with Crippen LogP contribution in [0.1, 0.15) is 45.4 Å². The quantitative estimate of drug-likeness (QED) is 0.900. The van der Waals surface area contributed by atoms with E-state index in [1.165, 1.54) is 19.3 Å². The lowest BCUT2D eigenvalue weighted by Gasteiger charge is -2.25. The minimum atomic E-state index is 0.0525. The van der Waals surface area contributed by atoms with Gasteiger partial charge in [0.2, 0.25) is 5.95 Å². The summed E-state index contributed by atoms with van der Waals surface area (Å²) in [5.74, 6) is 2.82. The van der Waals surface area contributed by atoms with Crippen molar-refractivity contribution >= 4 is 17.5 Å². The molecule has 3 aliphatic rings. The van der Waals surface area contributed by atoms with Crippen LogP contribution in [0.4, 0.5) is 5.95 Å². The number of fused-ring (bicyclic) bond motifs is 1. The Hall–Kier alpha value is -2.22. The Kier molecular flexibility index (Phi) is 4.29. The summed E-state index contributed by atoms with van der Waals surface area (Å²) in [6, 6.07) is 0. The third-order valence-electron chi connectivity index (χ3n) is 5.01. The predicted octanol–water partition coefficient (Wildman–Crippen LogP) is 1.62. The van der Waals surface area contributed by atoms with Gasteiger partial charge >= 0.3 is 0 Å². The summed E-state index contributed by atoms with van der Waals surface area (Å²) in [6.45, 7) is 6.17. The van der Waals surface area contributed by atoms with E-state index in [-0.39, 0.29) is 6.17 Å². The molecule has 3 aliphatic heterocycles. The molecular formula is C17H26N8. The van der Waals surface area contributed by atoms with Gasteiger partial charge in [-0.15, -0.1) is 5.10 Å². The number of anilines is 1. The molecule has 134 valence electrons. The molecule has 8 heteroatoms. The maximum absolute atomic E-state index is 4.77. The van der Waals surface area contributed by atoms with Crippen LogP contribution < -0.4 is 10.3 Å². The number of allylic oxidation sites excluding steroid dienone is 1. The second-order valence-corrected chi connectivity index (χ2v) is 6.96. The summed E-state index contributed by atoms with van der Waals surface area (Å²) >= 11 is 0. The number of nitrogens with zero attached hydrogens (tertiary/aromatic N) is 7. The van der Waals surface area contributed by atoms with Gasteiger partial charge in [0.15, 0.2) is 5.84 Å². The van der Waals surface area contributed by atoms with Crippen LogP contribution in [0.15, 0.2) is 21.9 Å². The molecule has 0 spiro atoms. The molecule has 1 unspecified atom stereocenters. The Morgan fingerprint density at radius 2 is 2.00 bits per heavy atom. The van der Waals surface area contributed by atoms with Gasteiger partial charge in [-0.3, -0.25) is 14.7 Å². The maximum atomic E-state index is 4.77. The summed E-state index contributed by atoms with van der Waals surface area (Å²) in [5.41, 5.74) is 5.46. The number of hydrazine groups is 1. The number of hydrogen-bond donors (Lipinski definition) is 1. The van der Waals surface area contributed by atoms with E-state index in [0.717, 1.165) is 54.9 Å². The fourth-order valence-electron chi connectivity index (χ4n) is 3.52. The molecular weight excluding hydrogens is 316 g/mol. The van der Waals surface area contributed by atoms with Crippen molar-refractivity contribution in [1.82, 2.24) is 25.2 Å². The molecule has 1 N–H and O–H groups in total. The van der Waals surface area contributed by atoms with Gasteiger partial charge in [0.05, 0.1) is 11.4 Å². The Balaban J connectivity index is 1.40. The van der Waals surface area contributed by atoms with Crippen molar-refractivity contribution in [3.63, 3.8) is 0 Å². The Morgan fingerprint density at radius 3 is 2.76 bits per heavy atom. The highest BCUT2D eigenvalue weighted by atomic mass is 15.6. The molecule has 4 heterocycles. The topological polar surface area (TPSA) is 73.9 Å². The number of aryl methyl sites for hydroxylation is 2. The number of rotatable bonds is 4. The summed E-state index contributed by atoms with van der Waals surface area (Å²) in [5, 5.41) is 6.64. The molecule has 0 aliphatic carbocycles. The highest BCUT2D eigenvalue weighted by Gasteiger charge is 2.29. The van der Waals surface area contributed by atoms with Crippen molar-refractivity contribution in [2.45, 2.75) is 52.1 Å². The zero-order valence-electron chi connectivity index (χ0n) is 15.2. The molecule has 4 rings (SSSR count). The Morgan fingerprint density at radius 1 is 1.20 bits per heavy atom. The van der Waals surface area contributed by atoms with Gasteiger partial charge in [0.1, 0.15) is 12.0 Å². The molecule has 1 saturated heterocycles. The maximum Gasteiger partial charge on any atom is 0.244 e. The van der Waals surface area contributed by atoms with Gasteiger partial charge in [0.25, 0.3) is 0 Å². The summed E-state index contributed by atoms with van der Waals surface area (Å²) < 4.78 is 1.91. The number of nitrogens with one attached hydrogen (secondary N) is 1. The normalized spacial score (nSPS) is 23.3. The van der Waals surface area contributed by atoms with E-state index in [2.05, 4.69) is 20.4 Å². The summed E-state index contributed by atoms with van der Waals surface area (Å²) in [6.07, 6.45) is 7.44. The summed E-state index contributed by atoms with van der Waals surface area (Å²) in [7, 11) is 1.98. The van der Waals surface area contributed by atoms with Crippen molar-refractivity contribution < 1.29 is 0 Å². The van der Waals surface area contributed by atoms with E-state index >= 15 is 0 Å². The number of amidine groups is 1. The summed E-state index contributed by atoms with van der Waals surface area (Å²) in [4.78, 5) is 16.2. The van der Waals surface area contributed by atoms with Crippen molar-refractivity contribution in [3.05, 3.63) is 17.7 Å². The van der Waals surface area contributed by atoms with Crippen molar-refractivity contribution in [2.75, 3.05) is 18.0 Å². The first kappa shape index (κ1) is 16.3. The lowest BCUT2D eigenvalue weighted by Crippen LogP contribution is -2.42. The molecule has 1 aromatic heterocycles. The lowest BCUT2D eigenvalue weighted by molar-refractivity contribution is 0.343. The fourth-order valence-corrected chi connectivity index (χ4v) is 3.52. The molecule has 1 atom stereocenters. The van der Waals surface area contributed by atoms with E-state index in [0.29, 0.717) is 0 Å². The first-order valence-corrected chi connectivity index (χ1v) is 9.12. The Bertz CT molecular complexity index is 738.